The predicted molar refractivity (Wildman–Crippen MR) is 115 cm³/mol. The van der Waals surface area contributed by atoms with Crippen LogP contribution in [0.15, 0.2) is 47.1 Å². The van der Waals surface area contributed by atoms with E-state index in [1.807, 2.05) is 43.3 Å². The van der Waals surface area contributed by atoms with Crippen molar-refractivity contribution in [1.82, 2.24) is 9.97 Å². The van der Waals surface area contributed by atoms with E-state index in [1.165, 1.54) is 22.7 Å². The Balaban J connectivity index is 1.52. The lowest BCUT2D eigenvalue weighted by Gasteiger charge is -2.22. The van der Waals surface area contributed by atoms with Crippen LogP contribution in [0.3, 0.4) is 0 Å². The molecule has 4 aromatic rings. The first-order valence-corrected chi connectivity index (χ1v) is 11.1. The third-order valence-corrected chi connectivity index (χ3v) is 6.94. The molecule has 0 N–H and O–H groups in total. The summed E-state index contributed by atoms with van der Waals surface area (Å²) in [5.41, 5.74) is 1.34. The highest BCUT2D eigenvalue weighted by atomic mass is 32.1. The first-order chi connectivity index (χ1) is 14.2. The van der Waals surface area contributed by atoms with E-state index in [2.05, 4.69) is 4.98 Å². The highest BCUT2D eigenvalue weighted by molar-refractivity contribution is 7.22. The van der Waals surface area contributed by atoms with E-state index in [9.17, 15) is 4.79 Å². The lowest BCUT2D eigenvalue weighted by molar-refractivity contribution is 0.0913. The summed E-state index contributed by atoms with van der Waals surface area (Å²) in [5, 5.41) is 1.39. The van der Waals surface area contributed by atoms with Gasteiger partial charge < -0.3 is 9.15 Å². The van der Waals surface area contributed by atoms with Crippen molar-refractivity contribution in [1.29, 1.82) is 0 Å². The maximum atomic E-state index is 13.6. The number of aromatic nitrogens is 2. The van der Waals surface area contributed by atoms with Gasteiger partial charge in [-0.15, -0.1) is 11.3 Å². The van der Waals surface area contributed by atoms with E-state index in [0.29, 0.717) is 28.1 Å². The van der Waals surface area contributed by atoms with Crippen molar-refractivity contribution in [3.8, 4) is 10.8 Å². The van der Waals surface area contributed by atoms with E-state index in [0.717, 1.165) is 34.5 Å². The van der Waals surface area contributed by atoms with Gasteiger partial charge >= 0.3 is 0 Å². The van der Waals surface area contributed by atoms with Gasteiger partial charge in [-0.25, -0.2) is 9.97 Å². The van der Waals surface area contributed by atoms with Gasteiger partial charge in [0.15, 0.2) is 15.9 Å². The summed E-state index contributed by atoms with van der Waals surface area (Å²) in [6.45, 7) is 3.14. The molecule has 4 heterocycles. The van der Waals surface area contributed by atoms with Crippen LogP contribution in [0.2, 0.25) is 0 Å². The number of nitrogens with zero attached hydrogens (tertiary/aromatic N) is 3. The number of amides is 1. The average molecular weight is 426 g/mol. The topological polar surface area (TPSA) is 68.5 Å². The molecule has 6 nitrogen and oxygen atoms in total. The second-order valence-corrected chi connectivity index (χ2v) is 9.13. The second-order valence-electron chi connectivity index (χ2n) is 6.92. The molecule has 1 fully saturated rings. The van der Waals surface area contributed by atoms with Gasteiger partial charge in [0.05, 0.1) is 29.1 Å². The van der Waals surface area contributed by atoms with Crippen LogP contribution in [0.4, 0.5) is 5.13 Å². The van der Waals surface area contributed by atoms with Crippen LogP contribution in [0.25, 0.3) is 21.0 Å². The van der Waals surface area contributed by atoms with E-state index in [1.54, 1.807) is 11.2 Å². The monoisotopic (exact) mass is 425 g/mol. The lowest BCUT2D eigenvalue weighted by Crippen LogP contribution is -2.38. The number of fused-ring (bicyclic) bond motifs is 1. The number of hydrogen-bond donors (Lipinski definition) is 0. The number of benzene rings is 1. The number of carbonyl (C=O) groups is 1. The van der Waals surface area contributed by atoms with Crippen LogP contribution in [0.1, 0.15) is 28.2 Å². The predicted octanol–water partition coefficient (Wildman–Crippen LogP) is 5.15. The molecular weight excluding hydrogens is 406 g/mol. The maximum Gasteiger partial charge on any atom is 0.279 e. The molecule has 0 bridgehead atoms. The molecule has 1 atom stereocenters. The highest BCUT2D eigenvalue weighted by Crippen LogP contribution is 2.33. The zero-order valence-electron chi connectivity index (χ0n) is 15.8. The van der Waals surface area contributed by atoms with Crippen LogP contribution < -0.4 is 4.90 Å². The summed E-state index contributed by atoms with van der Waals surface area (Å²) in [6.07, 6.45) is 3.60. The summed E-state index contributed by atoms with van der Waals surface area (Å²) < 4.78 is 12.3. The molecule has 3 aromatic heterocycles. The average Bonchev–Trinajstić information content (AvgIpc) is 3.52. The number of carbonyl (C=O) groups excluding carboxylic acids is 1. The molecule has 0 radical (unpaired) electrons. The Bertz CT molecular complexity index is 1110. The van der Waals surface area contributed by atoms with Gasteiger partial charge in [-0.2, -0.15) is 0 Å². The van der Waals surface area contributed by atoms with Crippen LogP contribution in [-0.4, -0.2) is 35.1 Å². The summed E-state index contributed by atoms with van der Waals surface area (Å²) >= 11 is 2.98. The molecule has 8 heteroatoms. The van der Waals surface area contributed by atoms with Gasteiger partial charge in [-0.3, -0.25) is 9.69 Å². The Morgan fingerprint density at radius 3 is 2.86 bits per heavy atom. The van der Waals surface area contributed by atoms with Crippen molar-refractivity contribution in [2.45, 2.75) is 25.9 Å². The number of rotatable bonds is 5. The number of ether oxygens (including phenoxy) is 1. The maximum absolute atomic E-state index is 13.6. The SMILES string of the molecule is Cc1sc(-c2ccco2)nc1C(=O)N(CC1CCCO1)c1nc2ccccc2s1. The van der Waals surface area contributed by atoms with E-state index in [-0.39, 0.29) is 12.0 Å². The zero-order valence-corrected chi connectivity index (χ0v) is 17.5. The molecule has 1 amide bonds. The molecule has 1 saturated heterocycles. The van der Waals surface area contributed by atoms with Gasteiger partial charge in [0.25, 0.3) is 5.91 Å². The van der Waals surface area contributed by atoms with Crippen molar-refractivity contribution in [2.24, 2.45) is 0 Å². The smallest absolute Gasteiger partial charge is 0.279 e. The number of aryl methyl sites for hydroxylation is 1. The Morgan fingerprint density at radius 1 is 1.21 bits per heavy atom. The minimum Gasteiger partial charge on any atom is -0.462 e. The second kappa shape index (κ2) is 7.70. The van der Waals surface area contributed by atoms with E-state index >= 15 is 0 Å². The molecule has 29 heavy (non-hydrogen) atoms. The van der Waals surface area contributed by atoms with E-state index in [4.69, 9.17) is 14.1 Å². The summed E-state index contributed by atoms with van der Waals surface area (Å²) in [4.78, 5) is 25.5. The van der Waals surface area contributed by atoms with E-state index < -0.39 is 0 Å². The Labute approximate surface area is 175 Å². The van der Waals surface area contributed by atoms with Gasteiger partial charge in [0.2, 0.25) is 0 Å². The van der Waals surface area contributed by atoms with Crippen molar-refractivity contribution in [3.05, 3.63) is 53.2 Å². The molecule has 0 saturated carbocycles. The molecule has 0 aliphatic carbocycles. The van der Waals surface area contributed by atoms with Gasteiger partial charge in [0, 0.05) is 11.5 Å². The Morgan fingerprint density at radius 2 is 2.10 bits per heavy atom. The zero-order chi connectivity index (χ0) is 19.8. The van der Waals surface area contributed by atoms with Crippen molar-refractivity contribution >= 4 is 43.9 Å². The minimum atomic E-state index is -0.147. The van der Waals surface area contributed by atoms with Crippen molar-refractivity contribution in [2.75, 3.05) is 18.1 Å². The first-order valence-electron chi connectivity index (χ1n) is 9.49. The Hall–Kier alpha value is -2.55. The molecule has 5 rings (SSSR count). The van der Waals surface area contributed by atoms with Crippen molar-refractivity contribution in [3.63, 3.8) is 0 Å². The van der Waals surface area contributed by atoms with Crippen LogP contribution in [-0.2, 0) is 4.74 Å². The summed E-state index contributed by atoms with van der Waals surface area (Å²) in [6, 6.07) is 11.6. The number of furan rings is 1. The third kappa shape index (κ3) is 3.59. The van der Waals surface area contributed by atoms with Gasteiger partial charge in [-0.1, -0.05) is 23.5 Å². The molecule has 0 spiro atoms. The summed E-state index contributed by atoms with van der Waals surface area (Å²) in [5.74, 6) is 0.522. The number of hydrogen-bond acceptors (Lipinski definition) is 7. The van der Waals surface area contributed by atoms with Gasteiger partial charge in [0.1, 0.15) is 5.69 Å². The minimum absolute atomic E-state index is 0.0226. The fourth-order valence-electron chi connectivity index (χ4n) is 3.44. The Kier molecular flexibility index (Phi) is 4.91. The molecule has 1 aliphatic heterocycles. The van der Waals surface area contributed by atoms with Gasteiger partial charge in [-0.05, 0) is 44.0 Å². The quantitative estimate of drug-likeness (QED) is 0.442. The third-order valence-electron chi connectivity index (χ3n) is 4.90. The van der Waals surface area contributed by atoms with Crippen LogP contribution >= 0.6 is 22.7 Å². The lowest BCUT2D eigenvalue weighted by atomic mass is 10.2. The highest BCUT2D eigenvalue weighted by Gasteiger charge is 2.30. The van der Waals surface area contributed by atoms with Crippen molar-refractivity contribution < 1.29 is 13.9 Å². The molecule has 1 unspecified atom stereocenters. The van der Waals surface area contributed by atoms with Crippen LogP contribution in [0.5, 0.6) is 0 Å². The number of thiazole rings is 2. The molecule has 1 aromatic carbocycles. The normalized spacial score (nSPS) is 16.5. The number of para-hydroxylation sites is 1. The standard InChI is InChI=1S/C21H19N3O3S2/c1-13-18(23-19(28-13)16-8-5-11-27-16)20(25)24(12-14-6-4-10-26-14)21-22-15-7-2-3-9-17(15)29-21/h2-3,5,7-9,11,14H,4,6,10,12H2,1H3. The molecule has 1 aliphatic rings. The first kappa shape index (κ1) is 18.5. The van der Waals surface area contributed by atoms with Crippen LogP contribution in [0, 0.1) is 6.92 Å². The largest absolute Gasteiger partial charge is 0.462 e. The fraction of sp³-hybridized carbons (Fsp3) is 0.286. The molecular formula is C21H19N3O3S2. The fourth-order valence-corrected chi connectivity index (χ4v) is 5.29. The number of anilines is 1. The molecule has 148 valence electrons. The summed E-state index contributed by atoms with van der Waals surface area (Å²) in [7, 11) is 0.